The molecule has 0 unspecified atom stereocenters. The van der Waals surface area contributed by atoms with Crippen molar-refractivity contribution in [3.63, 3.8) is 0 Å². The summed E-state index contributed by atoms with van der Waals surface area (Å²) in [5.74, 6) is -2.54. The molecule has 0 fully saturated rings. The number of hydrogen-bond donors (Lipinski definition) is 1. The van der Waals surface area contributed by atoms with Gasteiger partial charge in [0.1, 0.15) is 0 Å². The highest BCUT2D eigenvalue weighted by Crippen LogP contribution is 2.41. The van der Waals surface area contributed by atoms with Gasteiger partial charge in [0.2, 0.25) is 0 Å². The molecule has 1 aliphatic heterocycles. The van der Waals surface area contributed by atoms with Gasteiger partial charge in [0, 0.05) is 0 Å². The molecule has 0 radical (unpaired) electrons. The van der Waals surface area contributed by atoms with Crippen LogP contribution in [0.1, 0.15) is 31.8 Å². The number of benzene rings is 3. The molecule has 1 aliphatic rings. The largest absolute Gasteiger partial charge is 0.479 e. The molecule has 5 heteroatoms. The first-order chi connectivity index (χ1) is 13.1. The number of aliphatic carboxylic acids is 1. The number of carboxylic acids is 1. The Labute approximate surface area is 155 Å². The van der Waals surface area contributed by atoms with Gasteiger partial charge in [-0.15, -0.1) is 0 Å². The molecule has 1 heterocycles. The molecule has 0 bridgehead atoms. The van der Waals surface area contributed by atoms with Crippen molar-refractivity contribution in [1.29, 1.82) is 0 Å². The molecule has 132 valence electrons. The minimum atomic E-state index is -1.96. The van der Waals surface area contributed by atoms with E-state index in [2.05, 4.69) is 0 Å². The average molecular weight is 357 g/mol. The van der Waals surface area contributed by atoms with E-state index in [1.54, 1.807) is 72.8 Å². The zero-order chi connectivity index (χ0) is 19.0. The van der Waals surface area contributed by atoms with Crippen molar-refractivity contribution < 1.29 is 19.5 Å². The monoisotopic (exact) mass is 357 g/mol. The summed E-state index contributed by atoms with van der Waals surface area (Å²) in [6.45, 7) is 0. The molecule has 0 aliphatic carbocycles. The van der Waals surface area contributed by atoms with Crippen molar-refractivity contribution in [1.82, 2.24) is 4.90 Å². The van der Waals surface area contributed by atoms with E-state index in [0.717, 1.165) is 4.90 Å². The number of carbonyl (C=O) groups excluding carboxylic acids is 2. The smallest absolute Gasteiger partial charge is 0.339 e. The van der Waals surface area contributed by atoms with Crippen LogP contribution in [0.3, 0.4) is 0 Å². The highest BCUT2D eigenvalue weighted by molar-refractivity contribution is 6.23. The van der Waals surface area contributed by atoms with Crippen molar-refractivity contribution in [2.45, 2.75) is 5.54 Å². The van der Waals surface area contributed by atoms with Crippen LogP contribution >= 0.6 is 0 Å². The van der Waals surface area contributed by atoms with E-state index in [1.165, 1.54) is 12.1 Å². The number of carbonyl (C=O) groups is 3. The maximum absolute atomic E-state index is 13.1. The van der Waals surface area contributed by atoms with Crippen molar-refractivity contribution >= 4 is 17.8 Å². The van der Waals surface area contributed by atoms with Crippen LogP contribution in [-0.2, 0) is 10.3 Å². The number of nitrogens with zero attached hydrogens (tertiary/aromatic N) is 1. The molecular formula is C22H15NO4. The van der Waals surface area contributed by atoms with Gasteiger partial charge in [-0.1, -0.05) is 72.8 Å². The maximum Gasteiger partial charge on any atom is 0.339 e. The number of hydrogen-bond acceptors (Lipinski definition) is 3. The predicted molar refractivity (Wildman–Crippen MR) is 98.2 cm³/mol. The maximum atomic E-state index is 13.1. The molecule has 0 saturated carbocycles. The van der Waals surface area contributed by atoms with Gasteiger partial charge in [0.05, 0.1) is 11.1 Å². The Hall–Kier alpha value is -3.73. The van der Waals surface area contributed by atoms with Crippen LogP contribution in [0.15, 0.2) is 84.9 Å². The van der Waals surface area contributed by atoms with E-state index < -0.39 is 23.3 Å². The fourth-order valence-electron chi connectivity index (χ4n) is 3.62. The molecule has 3 aromatic rings. The summed E-state index contributed by atoms with van der Waals surface area (Å²) in [6.07, 6.45) is 0. The van der Waals surface area contributed by atoms with Gasteiger partial charge in [0.15, 0.2) is 5.54 Å². The molecule has 3 aromatic carbocycles. The van der Waals surface area contributed by atoms with Gasteiger partial charge in [0.25, 0.3) is 11.8 Å². The lowest BCUT2D eigenvalue weighted by Crippen LogP contribution is -2.55. The normalized spacial score (nSPS) is 13.6. The van der Waals surface area contributed by atoms with Crippen LogP contribution in [0.2, 0.25) is 0 Å². The average Bonchev–Trinajstić information content (AvgIpc) is 2.96. The van der Waals surface area contributed by atoms with Crippen LogP contribution in [0, 0.1) is 0 Å². The van der Waals surface area contributed by atoms with Gasteiger partial charge < -0.3 is 5.11 Å². The standard InChI is InChI=1S/C22H15NO4/c24-19-17-13-7-8-14-18(17)20(25)23(19)22(21(26)27,15-9-3-1-4-10-15)16-11-5-2-6-12-16/h1-14H,(H,26,27). The minimum Gasteiger partial charge on any atom is -0.479 e. The Kier molecular flexibility index (Phi) is 3.85. The minimum absolute atomic E-state index is 0.208. The number of carboxylic acid groups (broad SMARTS) is 1. The van der Waals surface area contributed by atoms with E-state index in [0.29, 0.717) is 11.1 Å². The van der Waals surface area contributed by atoms with E-state index in [-0.39, 0.29) is 11.1 Å². The topological polar surface area (TPSA) is 74.7 Å². The molecule has 5 nitrogen and oxygen atoms in total. The second-order valence-electron chi connectivity index (χ2n) is 6.24. The first-order valence-corrected chi connectivity index (χ1v) is 8.41. The third-order valence-corrected chi connectivity index (χ3v) is 4.82. The molecule has 0 atom stereocenters. The molecule has 0 saturated heterocycles. The first kappa shape index (κ1) is 16.7. The van der Waals surface area contributed by atoms with Crippen LogP contribution in [-0.4, -0.2) is 27.8 Å². The summed E-state index contributed by atoms with van der Waals surface area (Å²) in [5.41, 5.74) is -0.883. The fourth-order valence-corrected chi connectivity index (χ4v) is 3.62. The Morgan fingerprint density at radius 3 is 1.41 bits per heavy atom. The molecule has 1 N–H and O–H groups in total. The lowest BCUT2D eigenvalue weighted by Gasteiger charge is -2.37. The summed E-state index contributed by atoms with van der Waals surface area (Å²) in [4.78, 5) is 39.9. The molecule has 27 heavy (non-hydrogen) atoms. The van der Waals surface area contributed by atoms with Crippen LogP contribution in [0.4, 0.5) is 0 Å². The Balaban J connectivity index is 2.05. The Bertz CT molecular complexity index is 970. The highest BCUT2D eigenvalue weighted by Gasteiger charge is 2.56. The molecule has 2 amide bonds. The van der Waals surface area contributed by atoms with Crippen molar-refractivity contribution in [2.24, 2.45) is 0 Å². The van der Waals surface area contributed by atoms with Gasteiger partial charge in [-0.25, -0.2) is 9.69 Å². The van der Waals surface area contributed by atoms with Crippen molar-refractivity contribution in [3.05, 3.63) is 107 Å². The summed E-state index contributed by atoms with van der Waals surface area (Å²) >= 11 is 0. The summed E-state index contributed by atoms with van der Waals surface area (Å²) in [7, 11) is 0. The fraction of sp³-hybridized carbons (Fsp3) is 0.0455. The van der Waals surface area contributed by atoms with Crippen LogP contribution in [0.25, 0.3) is 0 Å². The van der Waals surface area contributed by atoms with Crippen molar-refractivity contribution in [2.75, 3.05) is 0 Å². The van der Waals surface area contributed by atoms with E-state index in [9.17, 15) is 19.5 Å². The summed E-state index contributed by atoms with van der Waals surface area (Å²) in [6, 6.07) is 23.1. The lowest BCUT2D eigenvalue weighted by atomic mass is 9.81. The molecule has 0 aromatic heterocycles. The Morgan fingerprint density at radius 1 is 0.667 bits per heavy atom. The second-order valence-corrected chi connectivity index (χ2v) is 6.24. The number of imide groups is 1. The zero-order valence-corrected chi connectivity index (χ0v) is 14.2. The van der Waals surface area contributed by atoms with E-state index in [1.807, 2.05) is 0 Å². The summed E-state index contributed by atoms with van der Waals surface area (Å²) < 4.78 is 0. The third kappa shape index (κ3) is 2.29. The Morgan fingerprint density at radius 2 is 1.04 bits per heavy atom. The number of rotatable bonds is 4. The highest BCUT2D eigenvalue weighted by atomic mass is 16.4. The number of fused-ring (bicyclic) bond motifs is 1. The second kappa shape index (κ2) is 6.21. The molecule has 4 rings (SSSR count). The van der Waals surface area contributed by atoms with Gasteiger partial charge in [-0.3, -0.25) is 9.59 Å². The van der Waals surface area contributed by atoms with E-state index >= 15 is 0 Å². The quantitative estimate of drug-likeness (QED) is 0.727. The molecule has 0 spiro atoms. The summed E-state index contributed by atoms with van der Waals surface area (Å²) in [5, 5.41) is 10.4. The van der Waals surface area contributed by atoms with Crippen LogP contribution < -0.4 is 0 Å². The number of amides is 2. The van der Waals surface area contributed by atoms with Crippen molar-refractivity contribution in [3.8, 4) is 0 Å². The van der Waals surface area contributed by atoms with Gasteiger partial charge in [-0.2, -0.15) is 0 Å². The lowest BCUT2D eigenvalue weighted by molar-refractivity contribution is -0.146. The zero-order valence-electron chi connectivity index (χ0n) is 14.2. The van der Waals surface area contributed by atoms with Gasteiger partial charge in [-0.05, 0) is 23.3 Å². The first-order valence-electron chi connectivity index (χ1n) is 8.41. The third-order valence-electron chi connectivity index (χ3n) is 4.82. The predicted octanol–water partition coefficient (Wildman–Crippen LogP) is 3.31. The van der Waals surface area contributed by atoms with Crippen LogP contribution in [0.5, 0.6) is 0 Å². The molecular weight excluding hydrogens is 342 g/mol. The van der Waals surface area contributed by atoms with E-state index in [4.69, 9.17) is 0 Å². The van der Waals surface area contributed by atoms with Gasteiger partial charge >= 0.3 is 5.97 Å². The SMILES string of the molecule is O=C1c2ccccc2C(=O)N1C(C(=O)O)(c1ccccc1)c1ccccc1.